The maximum absolute atomic E-state index is 14.1. The van der Waals surface area contributed by atoms with Gasteiger partial charge in [0.25, 0.3) is 5.91 Å². The molecule has 8 heteroatoms. The molecule has 2 N–H and O–H groups in total. The highest BCUT2D eigenvalue weighted by molar-refractivity contribution is 5.86. The van der Waals surface area contributed by atoms with E-state index >= 15 is 0 Å². The van der Waals surface area contributed by atoms with Crippen molar-refractivity contribution in [1.29, 1.82) is 0 Å². The lowest BCUT2D eigenvalue weighted by Gasteiger charge is -2.40. The summed E-state index contributed by atoms with van der Waals surface area (Å²) in [5, 5.41) is 13.4. The van der Waals surface area contributed by atoms with Gasteiger partial charge in [0.05, 0.1) is 7.11 Å². The second kappa shape index (κ2) is 9.14. The molecule has 1 fully saturated rings. The summed E-state index contributed by atoms with van der Waals surface area (Å²) in [6.07, 6.45) is 1.25. The smallest absolute Gasteiger partial charge is 0.256 e. The summed E-state index contributed by atoms with van der Waals surface area (Å²) in [5.74, 6) is -0.415. The van der Waals surface area contributed by atoms with Gasteiger partial charge in [-0.15, -0.1) is 0 Å². The predicted molar refractivity (Wildman–Crippen MR) is 98.7 cm³/mol. The molecule has 0 aliphatic carbocycles. The van der Waals surface area contributed by atoms with Crippen molar-refractivity contribution in [2.24, 2.45) is 0 Å². The molecule has 1 aliphatic rings. The van der Waals surface area contributed by atoms with Crippen LogP contribution in [0, 0.1) is 5.82 Å². The molecule has 150 valence electrons. The Morgan fingerprint density at radius 3 is 2.89 bits per heavy atom. The first-order chi connectivity index (χ1) is 12.8. The molecule has 1 aromatic carbocycles. The average Bonchev–Trinajstić information content (AvgIpc) is 2.65. The van der Waals surface area contributed by atoms with Crippen LogP contribution in [0.5, 0.6) is 5.75 Å². The average molecular weight is 381 g/mol. The largest absolute Gasteiger partial charge is 0.497 e. The second-order valence-electron chi connectivity index (χ2n) is 6.98. The molecule has 2 rings (SSSR count). The van der Waals surface area contributed by atoms with E-state index in [1.165, 1.54) is 24.1 Å². The fraction of sp³-hybridized carbons (Fsp3) is 0.579. The number of hydrogen-bond donors (Lipinski definition) is 2. The quantitative estimate of drug-likeness (QED) is 0.695. The lowest BCUT2D eigenvalue weighted by molar-refractivity contribution is -0.159. The molecule has 1 atom stereocenters. The number of benzene rings is 1. The summed E-state index contributed by atoms with van der Waals surface area (Å²) in [7, 11) is 4.82. The summed E-state index contributed by atoms with van der Waals surface area (Å²) >= 11 is 0. The van der Waals surface area contributed by atoms with Gasteiger partial charge >= 0.3 is 0 Å². The minimum absolute atomic E-state index is 0.0755. The van der Waals surface area contributed by atoms with Crippen molar-refractivity contribution in [3.63, 3.8) is 0 Å². The van der Waals surface area contributed by atoms with Crippen LogP contribution >= 0.6 is 0 Å². The zero-order valence-corrected chi connectivity index (χ0v) is 16.1. The molecule has 0 saturated carbocycles. The van der Waals surface area contributed by atoms with Crippen molar-refractivity contribution in [3.8, 4) is 5.75 Å². The lowest BCUT2D eigenvalue weighted by Crippen LogP contribution is -2.58. The number of amides is 2. The van der Waals surface area contributed by atoms with Crippen LogP contribution < -0.4 is 10.1 Å². The molecule has 7 nitrogen and oxygen atoms in total. The van der Waals surface area contributed by atoms with Crippen molar-refractivity contribution >= 4 is 11.8 Å². The molecule has 1 aliphatic heterocycles. The van der Waals surface area contributed by atoms with Gasteiger partial charge in [0.1, 0.15) is 11.6 Å². The highest BCUT2D eigenvalue weighted by Gasteiger charge is 2.43. The molecular formula is C19H28FN3O4. The van der Waals surface area contributed by atoms with E-state index in [0.717, 1.165) is 0 Å². The van der Waals surface area contributed by atoms with Crippen LogP contribution in [-0.2, 0) is 16.1 Å². The van der Waals surface area contributed by atoms with E-state index < -0.39 is 17.3 Å². The summed E-state index contributed by atoms with van der Waals surface area (Å²) in [5.41, 5.74) is -1.19. The van der Waals surface area contributed by atoms with Gasteiger partial charge in [0.2, 0.25) is 5.91 Å². The Kier molecular flexibility index (Phi) is 7.15. The van der Waals surface area contributed by atoms with E-state index in [1.54, 1.807) is 25.1 Å². The predicted octanol–water partition coefficient (Wildman–Crippen LogP) is 0.756. The van der Waals surface area contributed by atoms with Crippen molar-refractivity contribution in [3.05, 3.63) is 29.6 Å². The zero-order chi connectivity index (χ0) is 20.0. The van der Waals surface area contributed by atoms with Crippen molar-refractivity contribution in [1.82, 2.24) is 15.1 Å². The number of carbonyl (C=O) groups is 2. The Labute approximate surface area is 159 Å². The van der Waals surface area contributed by atoms with Crippen LogP contribution in [0.1, 0.15) is 24.8 Å². The van der Waals surface area contributed by atoms with E-state index in [1.807, 2.05) is 0 Å². The zero-order valence-electron chi connectivity index (χ0n) is 16.1. The summed E-state index contributed by atoms with van der Waals surface area (Å²) in [6.45, 7) is 1.09. The first-order valence-corrected chi connectivity index (χ1v) is 9.02. The molecule has 0 bridgehead atoms. The van der Waals surface area contributed by atoms with Crippen LogP contribution in [0.15, 0.2) is 18.2 Å². The maximum Gasteiger partial charge on any atom is 0.256 e. The normalized spacial score (nSPS) is 20.1. The Hall–Kier alpha value is -2.19. The minimum Gasteiger partial charge on any atom is -0.497 e. The Bertz CT molecular complexity index is 685. The standard InChI is InChI=1S/C19H28FN3O4/c1-21-17(24)7-10-22(2)13-19(26)8-4-9-23(18(19)25)12-14-11-15(27-3)5-6-16(14)20/h5-6,11,26H,4,7-10,12-13H2,1-3H3,(H,21,24)/t19-/m0/s1. The number of hydrogen-bond acceptors (Lipinski definition) is 5. The number of likely N-dealkylation sites (tertiary alicyclic amines) is 1. The van der Waals surface area contributed by atoms with E-state index in [9.17, 15) is 19.1 Å². The molecule has 0 aromatic heterocycles. The van der Waals surface area contributed by atoms with Crippen molar-refractivity contribution in [2.75, 3.05) is 40.8 Å². The molecule has 1 saturated heterocycles. The number of nitrogens with one attached hydrogen (secondary N) is 1. The maximum atomic E-state index is 14.1. The molecule has 0 spiro atoms. The van der Waals surface area contributed by atoms with Crippen LogP contribution in [-0.4, -0.2) is 73.2 Å². The molecule has 1 heterocycles. The third-order valence-electron chi connectivity index (χ3n) is 4.85. The highest BCUT2D eigenvalue weighted by atomic mass is 19.1. The second-order valence-corrected chi connectivity index (χ2v) is 6.98. The first-order valence-electron chi connectivity index (χ1n) is 9.02. The third kappa shape index (κ3) is 5.40. The van der Waals surface area contributed by atoms with E-state index in [4.69, 9.17) is 4.74 Å². The van der Waals surface area contributed by atoms with Gasteiger partial charge in [-0.3, -0.25) is 9.59 Å². The number of likely N-dealkylation sites (N-methyl/N-ethyl adjacent to an activating group) is 1. The fourth-order valence-corrected chi connectivity index (χ4v) is 3.31. The number of aliphatic hydroxyl groups is 1. The minimum atomic E-state index is -1.54. The van der Waals surface area contributed by atoms with Gasteiger partial charge in [-0.25, -0.2) is 4.39 Å². The van der Waals surface area contributed by atoms with Crippen molar-refractivity contribution in [2.45, 2.75) is 31.4 Å². The Morgan fingerprint density at radius 2 is 2.22 bits per heavy atom. The number of piperidine rings is 1. The van der Waals surface area contributed by atoms with Gasteiger partial charge in [0, 0.05) is 45.2 Å². The molecular weight excluding hydrogens is 353 g/mol. The van der Waals surface area contributed by atoms with E-state index in [-0.39, 0.29) is 25.4 Å². The summed E-state index contributed by atoms with van der Waals surface area (Å²) < 4.78 is 19.2. The Morgan fingerprint density at radius 1 is 1.48 bits per heavy atom. The monoisotopic (exact) mass is 381 g/mol. The first kappa shape index (κ1) is 21.1. The molecule has 2 amide bonds. The SMILES string of the molecule is CNC(=O)CCN(C)C[C@@]1(O)CCCN(Cc2cc(OC)ccc2F)C1=O. The number of nitrogens with zero attached hydrogens (tertiary/aromatic N) is 2. The summed E-state index contributed by atoms with van der Waals surface area (Å²) in [6, 6.07) is 4.39. The number of halogens is 1. The van der Waals surface area contributed by atoms with Gasteiger partial charge < -0.3 is 25.0 Å². The molecule has 0 unspecified atom stereocenters. The molecule has 27 heavy (non-hydrogen) atoms. The molecule has 1 aromatic rings. The Balaban J connectivity index is 2.04. The van der Waals surface area contributed by atoms with Gasteiger partial charge in [-0.05, 0) is 38.1 Å². The van der Waals surface area contributed by atoms with Gasteiger partial charge in [-0.2, -0.15) is 0 Å². The lowest BCUT2D eigenvalue weighted by atomic mass is 9.90. The van der Waals surface area contributed by atoms with Crippen LogP contribution in [0.2, 0.25) is 0 Å². The van der Waals surface area contributed by atoms with Crippen LogP contribution in [0.4, 0.5) is 4.39 Å². The highest BCUT2D eigenvalue weighted by Crippen LogP contribution is 2.26. The van der Waals surface area contributed by atoms with Gasteiger partial charge in [-0.1, -0.05) is 0 Å². The fourth-order valence-electron chi connectivity index (χ4n) is 3.31. The topological polar surface area (TPSA) is 82.1 Å². The van der Waals surface area contributed by atoms with E-state index in [0.29, 0.717) is 37.2 Å². The van der Waals surface area contributed by atoms with Crippen LogP contribution in [0.25, 0.3) is 0 Å². The van der Waals surface area contributed by atoms with Crippen LogP contribution in [0.3, 0.4) is 0 Å². The van der Waals surface area contributed by atoms with E-state index in [2.05, 4.69) is 5.32 Å². The number of methoxy groups -OCH3 is 1. The third-order valence-corrected chi connectivity index (χ3v) is 4.85. The number of ether oxygens (including phenoxy) is 1. The number of carbonyl (C=O) groups excluding carboxylic acids is 2. The molecule has 0 radical (unpaired) electrons. The van der Waals surface area contributed by atoms with Crippen molar-refractivity contribution < 1.29 is 23.8 Å². The van der Waals surface area contributed by atoms with Gasteiger partial charge in [0.15, 0.2) is 5.60 Å². The number of rotatable bonds is 8. The summed E-state index contributed by atoms with van der Waals surface area (Å²) in [4.78, 5) is 27.5.